The van der Waals surface area contributed by atoms with Gasteiger partial charge < -0.3 is 11.1 Å². The number of carbonyl (C=O) groups is 1. The van der Waals surface area contributed by atoms with Crippen LogP contribution in [0.3, 0.4) is 0 Å². The molecule has 0 spiro atoms. The third kappa shape index (κ3) is 2.54. The molecule has 0 saturated heterocycles. The second-order valence-electron chi connectivity index (χ2n) is 3.78. The molecule has 0 unspecified atom stereocenters. The van der Waals surface area contributed by atoms with E-state index in [1.54, 1.807) is 0 Å². The molecule has 0 saturated carbocycles. The topological polar surface area (TPSA) is 55.1 Å². The fourth-order valence-electron chi connectivity index (χ4n) is 2.17. The Morgan fingerprint density at radius 3 is 2.19 bits per heavy atom. The largest absolute Gasteiger partial charge is 0.351 e. The van der Waals surface area contributed by atoms with Crippen LogP contribution in [0.5, 0.6) is 0 Å². The summed E-state index contributed by atoms with van der Waals surface area (Å²) in [6, 6.07) is 3.52. The molecule has 3 N–H and O–H groups in total. The summed E-state index contributed by atoms with van der Waals surface area (Å²) in [5.41, 5.74) is 9.92. The lowest BCUT2D eigenvalue weighted by atomic mass is 9.94. The summed E-state index contributed by atoms with van der Waals surface area (Å²) >= 11 is 0. The molecule has 88 valence electrons. The first-order valence-electron chi connectivity index (χ1n) is 5.84. The fourth-order valence-corrected chi connectivity index (χ4v) is 2.17. The molecule has 1 aromatic carbocycles. The van der Waals surface area contributed by atoms with Crippen molar-refractivity contribution >= 4 is 11.7 Å². The molecule has 0 aliphatic rings. The number of nitrogens with one attached hydrogen (secondary N) is 1. The summed E-state index contributed by atoms with van der Waals surface area (Å²) in [6.45, 7) is 6.39. The minimum Gasteiger partial charge on any atom is -0.351 e. The first kappa shape index (κ1) is 12.6. The molecule has 0 aromatic heterocycles. The average Bonchev–Trinajstić information content (AvgIpc) is 2.27. The number of anilines is 1. The van der Waals surface area contributed by atoms with Crippen molar-refractivity contribution in [2.45, 2.75) is 40.0 Å². The van der Waals surface area contributed by atoms with Crippen LogP contribution < -0.4 is 11.1 Å². The molecule has 1 rings (SSSR count). The van der Waals surface area contributed by atoms with Crippen LogP contribution in [0.15, 0.2) is 12.1 Å². The van der Waals surface area contributed by atoms with Crippen molar-refractivity contribution in [3.05, 3.63) is 28.8 Å². The molecule has 0 fully saturated rings. The van der Waals surface area contributed by atoms with Crippen molar-refractivity contribution in [3.63, 3.8) is 0 Å². The SMILES string of the molecule is CCc1ccc(NC(N)=O)c(CC)c1CC. The Hall–Kier alpha value is -1.51. The van der Waals surface area contributed by atoms with Gasteiger partial charge in [0.25, 0.3) is 0 Å². The maximum atomic E-state index is 10.9. The van der Waals surface area contributed by atoms with E-state index in [2.05, 4.69) is 32.2 Å². The molecule has 3 nitrogen and oxygen atoms in total. The Morgan fingerprint density at radius 1 is 1.12 bits per heavy atom. The Labute approximate surface area is 97.0 Å². The Kier molecular flexibility index (Phi) is 4.35. The Morgan fingerprint density at radius 2 is 1.75 bits per heavy atom. The maximum Gasteiger partial charge on any atom is 0.316 e. The van der Waals surface area contributed by atoms with Gasteiger partial charge in [-0.25, -0.2) is 4.79 Å². The molecule has 16 heavy (non-hydrogen) atoms. The van der Waals surface area contributed by atoms with Gasteiger partial charge in [-0.3, -0.25) is 0 Å². The molecule has 2 amide bonds. The first-order chi connectivity index (χ1) is 7.63. The molecule has 0 atom stereocenters. The predicted octanol–water partition coefficient (Wildman–Crippen LogP) is 2.86. The highest BCUT2D eigenvalue weighted by Crippen LogP contribution is 2.25. The summed E-state index contributed by atoms with van der Waals surface area (Å²) in [5.74, 6) is 0. The average molecular weight is 220 g/mol. The fraction of sp³-hybridized carbons (Fsp3) is 0.462. The van der Waals surface area contributed by atoms with Crippen molar-refractivity contribution in [1.82, 2.24) is 0 Å². The van der Waals surface area contributed by atoms with Crippen molar-refractivity contribution < 1.29 is 4.79 Å². The third-order valence-corrected chi connectivity index (χ3v) is 2.87. The first-order valence-corrected chi connectivity index (χ1v) is 5.84. The molecule has 0 aliphatic carbocycles. The van der Waals surface area contributed by atoms with Crippen LogP contribution in [0.4, 0.5) is 10.5 Å². The molecule has 0 heterocycles. The smallest absolute Gasteiger partial charge is 0.316 e. The summed E-state index contributed by atoms with van der Waals surface area (Å²) in [7, 11) is 0. The van der Waals surface area contributed by atoms with Gasteiger partial charge in [-0.1, -0.05) is 26.8 Å². The maximum absolute atomic E-state index is 10.9. The van der Waals surface area contributed by atoms with E-state index in [0.717, 1.165) is 24.9 Å². The number of hydrogen-bond donors (Lipinski definition) is 2. The van der Waals surface area contributed by atoms with Gasteiger partial charge in [0.05, 0.1) is 0 Å². The van der Waals surface area contributed by atoms with E-state index >= 15 is 0 Å². The van der Waals surface area contributed by atoms with E-state index in [1.807, 2.05) is 6.07 Å². The summed E-state index contributed by atoms with van der Waals surface area (Å²) in [5, 5.41) is 2.69. The summed E-state index contributed by atoms with van der Waals surface area (Å²) in [4.78, 5) is 10.9. The van der Waals surface area contributed by atoms with Gasteiger partial charge in [-0.15, -0.1) is 0 Å². The van der Waals surface area contributed by atoms with Gasteiger partial charge in [0.1, 0.15) is 0 Å². The molecule has 1 aromatic rings. The monoisotopic (exact) mass is 220 g/mol. The van der Waals surface area contributed by atoms with Gasteiger partial charge in [0, 0.05) is 5.69 Å². The van der Waals surface area contributed by atoms with Crippen LogP contribution in [0, 0.1) is 0 Å². The van der Waals surface area contributed by atoms with E-state index in [0.29, 0.717) is 0 Å². The number of benzene rings is 1. The highest BCUT2D eigenvalue weighted by atomic mass is 16.2. The van der Waals surface area contributed by atoms with Gasteiger partial charge >= 0.3 is 6.03 Å². The predicted molar refractivity (Wildman–Crippen MR) is 67.8 cm³/mol. The molecule has 0 aliphatic heterocycles. The van der Waals surface area contributed by atoms with Crippen molar-refractivity contribution in [1.29, 1.82) is 0 Å². The molecule has 0 bridgehead atoms. The van der Waals surface area contributed by atoms with Crippen LogP contribution >= 0.6 is 0 Å². The van der Waals surface area contributed by atoms with Crippen LogP contribution in [-0.2, 0) is 19.3 Å². The van der Waals surface area contributed by atoms with E-state index in [-0.39, 0.29) is 0 Å². The number of amides is 2. The zero-order chi connectivity index (χ0) is 12.1. The lowest BCUT2D eigenvalue weighted by Gasteiger charge is -2.16. The number of aryl methyl sites for hydroxylation is 1. The number of primary amides is 1. The van der Waals surface area contributed by atoms with E-state index in [1.165, 1.54) is 16.7 Å². The number of carbonyl (C=O) groups excluding carboxylic acids is 1. The van der Waals surface area contributed by atoms with Crippen LogP contribution in [0.2, 0.25) is 0 Å². The zero-order valence-electron chi connectivity index (χ0n) is 10.3. The van der Waals surface area contributed by atoms with Crippen molar-refractivity contribution in [2.24, 2.45) is 5.73 Å². The lowest BCUT2D eigenvalue weighted by Crippen LogP contribution is -2.20. The number of urea groups is 1. The van der Waals surface area contributed by atoms with E-state index in [9.17, 15) is 4.79 Å². The summed E-state index contributed by atoms with van der Waals surface area (Å²) in [6.07, 6.45) is 2.92. The van der Waals surface area contributed by atoms with E-state index < -0.39 is 6.03 Å². The zero-order valence-corrected chi connectivity index (χ0v) is 10.3. The molecule has 3 heteroatoms. The van der Waals surface area contributed by atoms with Crippen LogP contribution in [0.25, 0.3) is 0 Å². The third-order valence-electron chi connectivity index (χ3n) is 2.87. The van der Waals surface area contributed by atoms with Crippen molar-refractivity contribution in [3.8, 4) is 0 Å². The lowest BCUT2D eigenvalue weighted by molar-refractivity contribution is 0.259. The molecule has 0 radical (unpaired) electrons. The number of rotatable bonds is 4. The van der Waals surface area contributed by atoms with Gasteiger partial charge in [-0.2, -0.15) is 0 Å². The quantitative estimate of drug-likeness (QED) is 0.805. The second-order valence-corrected chi connectivity index (χ2v) is 3.78. The number of nitrogens with two attached hydrogens (primary N) is 1. The van der Waals surface area contributed by atoms with Crippen LogP contribution in [-0.4, -0.2) is 6.03 Å². The highest BCUT2D eigenvalue weighted by Gasteiger charge is 2.10. The number of hydrogen-bond acceptors (Lipinski definition) is 1. The Bertz CT molecular complexity index is 386. The van der Waals surface area contributed by atoms with Gasteiger partial charge in [-0.05, 0) is 42.0 Å². The normalized spacial score (nSPS) is 10.2. The van der Waals surface area contributed by atoms with E-state index in [4.69, 9.17) is 5.73 Å². The Balaban J connectivity index is 3.25. The standard InChI is InChI=1S/C13H20N2O/c1-4-9-7-8-12(15-13(14)16)11(6-3)10(9)5-2/h7-8H,4-6H2,1-3H3,(H3,14,15,16). The minimum atomic E-state index is -0.499. The molecular formula is C13H20N2O. The van der Waals surface area contributed by atoms with Crippen LogP contribution in [0.1, 0.15) is 37.5 Å². The van der Waals surface area contributed by atoms with Gasteiger partial charge in [0.15, 0.2) is 0 Å². The highest BCUT2D eigenvalue weighted by molar-refractivity contribution is 5.89. The molecular weight excluding hydrogens is 200 g/mol. The van der Waals surface area contributed by atoms with Gasteiger partial charge in [0.2, 0.25) is 0 Å². The summed E-state index contributed by atoms with van der Waals surface area (Å²) < 4.78 is 0. The van der Waals surface area contributed by atoms with Crippen molar-refractivity contribution in [2.75, 3.05) is 5.32 Å². The minimum absolute atomic E-state index is 0.499. The second kappa shape index (κ2) is 5.54.